The highest BCUT2D eigenvalue weighted by Crippen LogP contribution is 2.15. The number of hydrogen-bond acceptors (Lipinski definition) is 5. The Balaban J connectivity index is 2.13. The quantitative estimate of drug-likeness (QED) is 0.348. The number of carbonyl (C=O) groups is 2. The van der Waals surface area contributed by atoms with Crippen LogP contribution in [0.25, 0.3) is 0 Å². The maximum absolute atomic E-state index is 11.6. The van der Waals surface area contributed by atoms with Crippen molar-refractivity contribution >= 4 is 21.1 Å². The molecule has 0 spiro atoms. The third kappa shape index (κ3) is 8.22. The van der Waals surface area contributed by atoms with Gasteiger partial charge < -0.3 is 8.85 Å². The molecule has 0 aromatic carbocycles. The number of unbranched alkanes of at least 4 members (excludes halogenated alkanes) is 8. The van der Waals surface area contributed by atoms with Crippen molar-refractivity contribution in [1.29, 1.82) is 0 Å². The van der Waals surface area contributed by atoms with Gasteiger partial charge in [0.15, 0.2) is 0 Å². The van der Waals surface area contributed by atoms with Crippen LogP contribution < -0.4 is 0 Å². The second-order valence-electron chi connectivity index (χ2n) is 5.65. The molecule has 0 aliphatic carbocycles. The van der Waals surface area contributed by atoms with Gasteiger partial charge in [0.1, 0.15) is 0 Å². The molecule has 0 aromatic heterocycles. The first-order valence-corrected chi connectivity index (χ1v) is 9.49. The summed E-state index contributed by atoms with van der Waals surface area (Å²) in [6, 6.07) is 0. The molecule has 5 nitrogen and oxygen atoms in total. The van der Waals surface area contributed by atoms with Gasteiger partial charge >= 0.3 is 21.1 Å². The van der Waals surface area contributed by atoms with E-state index in [1.807, 2.05) is 6.08 Å². The fourth-order valence-electron chi connectivity index (χ4n) is 2.38. The van der Waals surface area contributed by atoms with Gasteiger partial charge in [-0.25, -0.2) is 0 Å². The molecule has 0 aromatic rings. The number of allylic oxidation sites excluding steroid dienone is 1. The van der Waals surface area contributed by atoms with Crippen LogP contribution in [0.2, 0.25) is 0 Å². The van der Waals surface area contributed by atoms with Crippen molar-refractivity contribution in [2.45, 2.75) is 71.1 Å². The summed E-state index contributed by atoms with van der Waals surface area (Å²) in [6.07, 6.45) is 14.4. The molecule has 1 heterocycles. The molecule has 1 saturated heterocycles. The van der Waals surface area contributed by atoms with E-state index < -0.39 is 27.0 Å². The standard InChI is InChI=1S/C16H26O5Si/c1-2-3-4-5-6-7-8-9-10-11-12-14-13-15(17)20-22(19)21-16(14)18/h11-12,14H,2-10,13H2,1H3/b12-11+. The van der Waals surface area contributed by atoms with Gasteiger partial charge in [0.2, 0.25) is 0 Å². The monoisotopic (exact) mass is 326 g/mol. The predicted molar refractivity (Wildman–Crippen MR) is 83.1 cm³/mol. The van der Waals surface area contributed by atoms with E-state index in [-0.39, 0.29) is 6.42 Å². The Morgan fingerprint density at radius 2 is 1.68 bits per heavy atom. The minimum atomic E-state index is -2.99. The van der Waals surface area contributed by atoms with Crippen LogP contribution in [0.1, 0.15) is 71.1 Å². The largest absolute Gasteiger partial charge is 0.782 e. The summed E-state index contributed by atoms with van der Waals surface area (Å²) in [7, 11) is -2.99. The molecular formula is C16H26O5Si. The van der Waals surface area contributed by atoms with Crippen LogP contribution in [-0.2, 0) is 22.9 Å². The average molecular weight is 326 g/mol. The van der Waals surface area contributed by atoms with Crippen molar-refractivity contribution in [1.82, 2.24) is 0 Å². The highest BCUT2D eigenvalue weighted by molar-refractivity contribution is 6.33. The molecule has 22 heavy (non-hydrogen) atoms. The van der Waals surface area contributed by atoms with Crippen LogP contribution in [0.4, 0.5) is 0 Å². The maximum Gasteiger partial charge on any atom is 0.782 e. The lowest BCUT2D eigenvalue weighted by molar-refractivity contribution is -0.138. The van der Waals surface area contributed by atoms with E-state index in [0.717, 1.165) is 12.8 Å². The van der Waals surface area contributed by atoms with Crippen molar-refractivity contribution in [2.75, 3.05) is 0 Å². The van der Waals surface area contributed by atoms with Crippen molar-refractivity contribution in [3.63, 3.8) is 0 Å². The van der Waals surface area contributed by atoms with E-state index in [1.165, 1.54) is 44.9 Å². The van der Waals surface area contributed by atoms with E-state index in [9.17, 15) is 14.1 Å². The van der Waals surface area contributed by atoms with Crippen LogP contribution in [0, 0.1) is 5.92 Å². The summed E-state index contributed by atoms with van der Waals surface area (Å²) in [5.74, 6) is -1.95. The molecule has 1 aliphatic rings. The van der Waals surface area contributed by atoms with Gasteiger partial charge in [0.05, 0.1) is 12.3 Å². The van der Waals surface area contributed by atoms with Crippen molar-refractivity contribution in [3.05, 3.63) is 12.2 Å². The maximum atomic E-state index is 11.6. The molecule has 1 fully saturated rings. The molecule has 0 N–H and O–H groups in total. The lowest BCUT2D eigenvalue weighted by Crippen LogP contribution is -2.17. The molecule has 124 valence electrons. The van der Waals surface area contributed by atoms with E-state index in [4.69, 9.17) is 0 Å². The zero-order chi connectivity index (χ0) is 16.2. The number of rotatable bonds is 10. The summed E-state index contributed by atoms with van der Waals surface area (Å²) in [4.78, 5) is 22.9. The highest BCUT2D eigenvalue weighted by Gasteiger charge is 2.32. The molecule has 6 heteroatoms. The predicted octanol–water partition coefficient (Wildman–Crippen LogP) is 3.60. The first-order chi connectivity index (χ1) is 10.6. The van der Waals surface area contributed by atoms with E-state index in [1.54, 1.807) is 6.08 Å². The van der Waals surface area contributed by atoms with Gasteiger partial charge in [-0.15, -0.1) is 0 Å². The summed E-state index contributed by atoms with van der Waals surface area (Å²) in [5, 5.41) is 0. The number of hydrogen-bond donors (Lipinski definition) is 0. The molecule has 0 saturated carbocycles. The number of carbonyl (C=O) groups excluding carboxylic acids is 2. The lowest BCUT2D eigenvalue weighted by Gasteiger charge is -2.03. The van der Waals surface area contributed by atoms with Crippen molar-refractivity contribution in [2.24, 2.45) is 5.92 Å². The average Bonchev–Trinajstić information content (AvgIpc) is 2.58. The highest BCUT2D eigenvalue weighted by atomic mass is 28.3. The van der Waals surface area contributed by atoms with Crippen LogP contribution >= 0.6 is 0 Å². The van der Waals surface area contributed by atoms with Crippen molar-refractivity contribution in [3.8, 4) is 0 Å². The molecule has 1 unspecified atom stereocenters. The van der Waals surface area contributed by atoms with E-state index in [2.05, 4.69) is 15.8 Å². The van der Waals surface area contributed by atoms with Crippen LogP contribution in [0.15, 0.2) is 12.2 Å². The molecule has 1 aliphatic heterocycles. The zero-order valence-electron chi connectivity index (χ0n) is 13.3. The van der Waals surface area contributed by atoms with E-state index in [0.29, 0.717) is 0 Å². The summed E-state index contributed by atoms with van der Waals surface area (Å²) < 4.78 is 20.1. The van der Waals surface area contributed by atoms with E-state index >= 15 is 0 Å². The Kier molecular flexibility index (Phi) is 9.62. The van der Waals surface area contributed by atoms with Crippen LogP contribution in [0.3, 0.4) is 0 Å². The topological polar surface area (TPSA) is 69.7 Å². The first-order valence-electron chi connectivity index (χ1n) is 8.26. The van der Waals surface area contributed by atoms with Gasteiger partial charge in [0, 0.05) is 0 Å². The van der Waals surface area contributed by atoms with Gasteiger partial charge in [-0.05, 0) is 12.8 Å². The summed E-state index contributed by atoms with van der Waals surface area (Å²) >= 11 is 0. The molecule has 0 amide bonds. The molecule has 1 atom stereocenters. The smallest absolute Gasteiger partial charge is 0.430 e. The molecule has 0 radical (unpaired) electrons. The molecular weight excluding hydrogens is 300 g/mol. The first kappa shape index (κ1) is 18.7. The minimum absolute atomic E-state index is 0.0941. The van der Waals surface area contributed by atoms with Gasteiger partial charge in [-0.2, -0.15) is 0 Å². The Labute approximate surface area is 134 Å². The second-order valence-corrected chi connectivity index (χ2v) is 6.56. The minimum Gasteiger partial charge on any atom is -0.430 e. The fourth-order valence-corrected chi connectivity index (χ4v) is 3.01. The second kappa shape index (κ2) is 11.3. The normalized spacial score (nSPS) is 19.1. The van der Waals surface area contributed by atoms with Crippen LogP contribution in [-0.4, -0.2) is 21.1 Å². The summed E-state index contributed by atoms with van der Waals surface area (Å²) in [5.41, 5.74) is 0. The van der Waals surface area contributed by atoms with Crippen molar-refractivity contribution < 1.29 is 22.9 Å². The third-order valence-corrected chi connectivity index (χ3v) is 4.43. The fraction of sp³-hybridized carbons (Fsp3) is 0.750. The lowest BCUT2D eigenvalue weighted by atomic mass is 10.0. The van der Waals surface area contributed by atoms with Gasteiger partial charge in [-0.1, -0.05) is 64.0 Å². The Hall–Kier alpha value is -1.30. The van der Waals surface area contributed by atoms with Gasteiger partial charge in [0.25, 0.3) is 0 Å². The third-order valence-electron chi connectivity index (χ3n) is 3.66. The van der Waals surface area contributed by atoms with Gasteiger partial charge in [-0.3, -0.25) is 14.1 Å². The molecule has 1 rings (SSSR count). The Morgan fingerprint density at radius 3 is 2.36 bits per heavy atom. The Morgan fingerprint density at radius 1 is 1.05 bits per heavy atom. The molecule has 0 bridgehead atoms. The summed E-state index contributed by atoms with van der Waals surface area (Å²) in [6.45, 7) is 2.22. The Bertz CT molecular complexity index is 405. The zero-order valence-corrected chi connectivity index (χ0v) is 14.3. The van der Waals surface area contributed by atoms with Crippen LogP contribution in [0.5, 0.6) is 0 Å². The SMILES string of the molecule is CCCCCCCCCC/C=C/C1CC(=O)O[Si](=O)OC1=O.